The minimum atomic E-state index is -2.83. The monoisotopic (exact) mass is 238 g/mol. The predicted octanol–water partition coefficient (Wildman–Crippen LogP) is 3.23. The van der Waals surface area contributed by atoms with Crippen LogP contribution in [0.4, 0.5) is 8.78 Å². The van der Waals surface area contributed by atoms with E-state index in [2.05, 4.69) is 0 Å². The smallest absolute Gasteiger partial charge is 0.306 e. The third-order valence-corrected chi connectivity index (χ3v) is 8.72. The molecule has 5 heteroatoms. The lowest BCUT2D eigenvalue weighted by molar-refractivity contribution is -0.143. The van der Waals surface area contributed by atoms with Crippen LogP contribution >= 0.6 is 0 Å². The van der Waals surface area contributed by atoms with Gasteiger partial charge >= 0.3 is 5.97 Å². The number of alkyl halides is 2. The van der Waals surface area contributed by atoms with Crippen molar-refractivity contribution in [1.82, 2.24) is 0 Å². The number of carbonyl (C=O) groups excluding carboxylic acids is 1. The molecule has 0 aromatic heterocycles. The van der Waals surface area contributed by atoms with E-state index in [4.69, 9.17) is 4.74 Å². The van der Waals surface area contributed by atoms with Crippen LogP contribution in [0.15, 0.2) is 0 Å². The fraction of sp³-hybridized carbons (Fsp3) is 0.900. The highest BCUT2D eigenvalue weighted by molar-refractivity contribution is 6.84. The third-order valence-electron chi connectivity index (χ3n) is 3.25. The first-order chi connectivity index (χ1) is 6.96. The molecule has 0 aliphatic rings. The molecule has 0 bridgehead atoms. The van der Waals surface area contributed by atoms with Gasteiger partial charge in [0.1, 0.15) is 8.07 Å². The predicted molar refractivity (Wildman–Crippen MR) is 58.8 cm³/mol. The normalized spacial score (nSPS) is 14.1. The van der Waals surface area contributed by atoms with Crippen LogP contribution < -0.4 is 0 Å². The summed E-state index contributed by atoms with van der Waals surface area (Å²) >= 11 is 0. The van der Waals surface area contributed by atoms with E-state index < -0.39 is 25.6 Å². The average Bonchev–Trinajstić information content (AvgIpc) is 2.20. The molecule has 1 unspecified atom stereocenters. The lowest BCUT2D eigenvalue weighted by Gasteiger charge is -2.32. The molecular formula is C10H20F2O2Si. The van der Waals surface area contributed by atoms with Crippen molar-refractivity contribution in [3.63, 3.8) is 0 Å². The Morgan fingerprint density at radius 1 is 1.27 bits per heavy atom. The van der Waals surface area contributed by atoms with Crippen LogP contribution in [0.1, 0.15) is 27.7 Å². The zero-order valence-corrected chi connectivity index (χ0v) is 10.8. The first-order valence-corrected chi connectivity index (χ1v) is 7.97. The van der Waals surface area contributed by atoms with Crippen LogP contribution in [-0.2, 0) is 9.53 Å². The maximum atomic E-state index is 13.1. The third kappa shape index (κ3) is 3.00. The van der Waals surface area contributed by atoms with Crippen LogP contribution in [-0.4, -0.2) is 26.7 Å². The molecule has 0 saturated heterocycles. The Morgan fingerprint density at radius 3 is 2.00 bits per heavy atom. The van der Waals surface area contributed by atoms with Crippen molar-refractivity contribution in [2.75, 3.05) is 6.61 Å². The van der Waals surface area contributed by atoms with Gasteiger partial charge in [0.2, 0.25) is 6.05 Å². The van der Waals surface area contributed by atoms with Gasteiger partial charge in [-0.25, -0.2) is 8.78 Å². The molecule has 0 aromatic rings. The van der Waals surface area contributed by atoms with Crippen LogP contribution in [0.5, 0.6) is 0 Å². The van der Waals surface area contributed by atoms with Crippen LogP contribution in [0.2, 0.25) is 17.6 Å². The van der Waals surface area contributed by atoms with E-state index in [-0.39, 0.29) is 6.61 Å². The second kappa shape index (κ2) is 6.20. The summed E-state index contributed by atoms with van der Waals surface area (Å²) < 4.78 is 30.9. The molecule has 0 saturated carbocycles. The van der Waals surface area contributed by atoms with Gasteiger partial charge in [-0.3, -0.25) is 4.79 Å². The Morgan fingerprint density at radius 2 is 1.73 bits per heavy atom. The zero-order valence-electron chi connectivity index (χ0n) is 9.85. The van der Waals surface area contributed by atoms with Crippen molar-refractivity contribution >= 4 is 14.0 Å². The maximum Gasteiger partial charge on any atom is 0.306 e. The summed E-state index contributed by atoms with van der Waals surface area (Å²) in [5.74, 6) is -0.465. The molecule has 0 rings (SSSR count). The molecule has 90 valence electrons. The van der Waals surface area contributed by atoms with E-state index in [1.165, 1.54) is 0 Å². The highest BCUT2D eigenvalue weighted by Crippen LogP contribution is 2.35. The number of ether oxygens (including phenoxy) is 1. The summed E-state index contributed by atoms with van der Waals surface area (Å²) in [5.41, 5.74) is -0.618. The lowest BCUT2D eigenvalue weighted by Crippen LogP contribution is -2.48. The van der Waals surface area contributed by atoms with Gasteiger partial charge in [0.15, 0.2) is 0 Å². The molecule has 0 amide bonds. The molecule has 0 spiro atoms. The number of esters is 1. The summed E-state index contributed by atoms with van der Waals surface area (Å²) in [5, 5.41) is 0. The molecule has 0 fully saturated rings. The van der Waals surface area contributed by atoms with Crippen molar-refractivity contribution < 1.29 is 18.3 Å². The maximum absolute atomic E-state index is 13.1. The highest BCUT2D eigenvalue weighted by atomic mass is 28.3. The van der Waals surface area contributed by atoms with E-state index in [1.54, 1.807) is 27.7 Å². The molecule has 0 radical (unpaired) electrons. The fourth-order valence-corrected chi connectivity index (χ4v) is 5.13. The van der Waals surface area contributed by atoms with Crippen molar-refractivity contribution in [1.29, 1.82) is 0 Å². The quantitative estimate of drug-likeness (QED) is 0.524. The first-order valence-electron chi connectivity index (χ1n) is 5.41. The fourth-order valence-electron chi connectivity index (χ4n) is 1.86. The number of halogens is 2. The van der Waals surface area contributed by atoms with Gasteiger partial charge in [-0.1, -0.05) is 32.9 Å². The minimum absolute atomic E-state index is 0.254. The SMILES string of the molecule is CCOC(=O)C(C)[Si](CC)(CC)C(F)F. The molecule has 15 heavy (non-hydrogen) atoms. The second-order valence-electron chi connectivity index (χ2n) is 3.71. The van der Waals surface area contributed by atoms with Crippen LogP contribution in [0.3, 0.4) is 0 Å². The molecule has 0 N–H and O–H groups in total. The first kappa shape index (κ1) is 14.5. The zero-order chi connectivity index (χ0) is 12.1. The number of hydrogen-bond donors (Lipinski definition) is 0. The largest absolute Gasteiger partial charge is 0.466 e. The number of hydrogen-bond acceptors (Lipinski definition) is 2. The van der Waals surface area contributed by atoms with Gasteiger partial charge in [0.05, 0.1) is 12.1 Å². The summed E-state index contributed by atoms with van der Waals surface area (Å²) in [7, 11) is -2.83. The summed E-state index contributed by atoms with van der Waals surface area (Å²) in [6.45, 7) is 7.02. The van der Waals surface area contributed by atoms with Crippen molar-refractivity contribution in [2.45, 2.75) is 51.4 Å². The minimum Gasteiger partial charge on any atom is -0.466 e. The van der Waals surface area contributed by atoms with Gasteiger partial charge in [-0.15, -0.1) is 0 Å². The van der Waals surface area contributed by atoms with Crippen molar-refractivity contribution in [2.24, 2.45) is 0 Å². The topological polar surface area (TPSA) is 26.3 Å². The second-order valence-corrected chi connectivity index (χ2v) is 8.90. The van der Waals surface area contributed by atoms with E-state index in [0.29, 0.717) is 12.1 Å². The molecule has 0 aromatic carbocycles. The Kier molecular flexibility index (Phi) is 6.01. The van der Waals surface area contributed by atoms with Gasteiger partial charge in [-0.2, -0.15) is 0 Å². The van der Waals surface area contributed by atoms with E-state index in [1.807, 2.05) is 0 Å². The summed E-state index contributed by atoms with van der Waals surface area (Å²) in [6, 6.07) is -1.52. The van der Waals surface area contributed by atoms with E-state index in [9.17, 15) is 13.6 Å². The Labute approximate surface area is 91.0 Å². The van der Waals surface area contributed by atoms with Crippen LogP contribution in [0.25, 0.3) is 0 Å². The highest BCUT2D eigenvalue weighted by Gasteiger charge is 2.48. The van der Waals surface area contributed by atoms with Crippen molar-refractivity contribution in [3.05, 3.63) is 0 Å². The van der Waals surface area contributed by atoms with Crippen molar-refractivity contribution in [3.8, 4) is 0 Å². The number of carbonyl (C=O) groups is 1. The van der Waals surface area contributed by atoms with E-state index in [0.717, 1.165) is 0 Å². The van der Waals surface area contributed by atoms with Gasteiger partial charge < -0.3 is 4.74 Å². The molecule has 0 heterocycles. The summed E-state index contributed by atoms with van der Waals surface area (Å²) in [6.07, 6.45) is 0. The van der Waals surface area contributed by atoms with E-state index >= 15 is 0 Å². The molecule has 0 aliphatic heterocycles. The average molecular weight is 238 g/mol. The van der Waals surface area contributed by atoms with Gasteiger partial charge in [0, 0.05) is 0 Å². The Bertz CT molecular complexity index is 206. The van der Waals surface area contributed by atoms with Gasteiger partial charge in [0.25, 0.3) is 0 Å². The molecule has 2 nitrogen and oxygen atoms in total. The summed E-state index contributed by atoms with van der Waals surface area (Å²) in [4.78, 5) is 11.5. The molecule has 1 atom stereocenters. The van der Waals surface area contributed by atoms with Crippen LogP contribution in [0, 0.1) is 0 Å². The Balaban J connectivity index is 4.83. The lowest BCUT2D eigenvalue weighted by atomic mass is 10.5. The number of rotatable bonds is 6. The molecule has 0 aliphatic carbocycles. The molecular weight excluding hydrogens is 218 g/mol. The standard InChI is InChI=1S/C10H20F2O2Si/c1-5-14-9(13)8(4)15(6-2,7-3)10(11)12/h8,10H,5-7H2,1-4H3. The Hall–Kier alpha value is -0.453. The van der Waals surface area contributed by atoms with Gasteiger partial charge in [-0.05, 0) is 6.92 Å².